The van der Waals surface area contributed by atoms with Crippen molar-refractivity contribution in [3.8, 4) is 0 Å². The van der Waals surface area contributed by atoms with E-state index in [0.29, 0.717) is 12.2 Å². The summed E-state index contributed by atoms with van der Waals surface area (Å²) in [6.45, 7) is 1.15. The van der Waals surface area contributed by atoms with E-state index >= 15 is 0 Å². The lowest BCUT2D eigenvalue weighted by atomic mass is 10.2. The molecule has 0 aliphatic carbocycles. The van der Waals surface area contributed by atoms with E-state index in [9.17, 15) is 14.3 Å². The Kier molecular flexibility index (Phi) is 3.93. The zero-order chi connectivity index (χ0) is 13.1. The molecule has 98 valence electrons. The van der Waals surface area contributed by atoms with Crippen LogP contribution < -0.4 is 4.90 Å². The number of anilines is 1. The Balaban J connectivity index is 2.26. The maximum Gasteiger partial charge on any atom is 0.246 e. The molecule has 1 atom stereocenters. The third kappa shape index (κ3) is 2.52. The Morgan fingerprint density at radius 2 is 2.00 bits per heavy atom. The first-order valence-electron chi connectivity index (χ1n) is 6.01. The first-order valence-corrected chi connectivity index (χ1v) is 6.01. The largest absolute Gasteiger partial charge is 0.394 e. The topological polar surface area (TPSA) is 43.8 Å². The molecule has 2 rings (SSSR count). The van der Waals surface area contributed by atoms with Crippen molar-refractivity contribution in [2.45, 2.75) is 12.5 Å². The third-order valence-electron chi connectivity index (χ3n) is 3.29. The van der Waals surface area contributed by atoms with Crippen LogP contribution in [-0.2, 0) is 4.79 Å². The van der Waals surface area contributed by atoms with Crippen molar-refractivity contribution >= 4 is 11.6 Å². The van der Waals surface area contributed by atoms with Gasteiger partial charge in [0.05, 0.1) is 6.61 Å². The number of hydrogen-bond acceptors (Lipinski definition) is 3. The van der Waals surface area contributed by atoms with Gasteiger partial charge in [-0.15, -0.1) is 0 Å². The highest BCUT2D eigenvalue weighted by atomic mass is 19.1. The van der Waals surface area contributed by atoms with E-state index in [1.54, 1.807) is 17.0 Å². The van der Waals surface area contributed by atoms with E-state index in [2.05, 4.69) is 0 Å². The Labute approximate surface area is 106 Å². The Morgan fingerprint density at radius 3 is 2.61 bits per heavy atom. The summed E-state index contributed by atoms with van der Waals surface area (Å²) in [6.07, 6.45) is 0.829. The van der Waals surface area contributed by atoms with Crippen molar-refractivity contribution < 1.29 is 14.3 Å². The van der Waals surface area contributed by atoms with Gasteiger partial charge in [-0.25, -0.2) is 4.39 Å². The van der Waals surface area contributed by atoms with Gasteiger partial charge < -0.3 is 10.0 Å². The molecule has 1 aliphatic heterocycles. The summed E-state index contributed by atoms with van der Waals surface area (Å²) in [7, 11) is 1.83. The van der Waals surface area contributed by atoms with Gasteiger partial charge >= 0.3 is 0 Å². The number of rotatable bonds is 2. The van der Waals surface area contributed by atoms with Crippen molar-refractivity contribution in [3.63, 3.8) is 0 Å². The van der Waals surface area contributed by atoms with Crippen LogP contribution in [0.1, 0.15) is 6.42 Å². The van der Waals surface area contributed by atoms with Gasteiger partial charge in [0.2, 0.25) is 5.91 Å². The average molecular weight is 252 g/mol. The summed E-state index contributed by atoms with van der Waals surface area (Å²) >= 11 is 0. The summed E-state index contributed by atoms with van der Waals surface area (Å²) in [5.41, 5.74) is 0.676. The van der Waals surface area contributed by atoms with Crippen LogP contribution in [0.25, 0.3) is 0 Å². The minimum Gasteiger partial charge on any atom is -0.394 e. The number of carbonyl (C=O) groups excluding carboxylic acids is 1. The second-order valence-electron chi connectivity index (χ2n) is 4.50. The molecule has 1 aromatic rings. The zero-order valence-corrected chi connectivity index (χ0v) is 10.3. The molecule has 1 heterocycles. The number of nitrogens with zero attached hydrogens (tertiary/aromatic N) is 2. The molecule has 0 spiro atoms. The van der Waals surface area contributed by atoms with Crippen LogP contribution in [0.3, 0.4) is 0 Å². The molecule has 1 aromatic carbocycles. The monoisotopic (exact) mass is 252 g/mol. The van der Waals surface area contributed by atoms with Crippen LogP contribution in [-0.4, -0.2) is 48.7 Å². The fraction of sp³-hybridized carbons (Fsp3) is 0.462. The number of halogens is 1. The van der Waals surface area contributed by atoms with Gasteiger partial charge in [0, 0.05) is 18.8 Å². The number of carbonyl (C=O) groups is 1. The lowest BCUT2D eigenvalue weighted by Gasteiger charge is -2.26. The van der Waals surface area contributed by atoms with E-state index in [1.165, 1.54) is 12.1 Å². The molecule has 1 fully saturated rings. The summed E-state index contributed by atoms with van der Waals surface area (Å²) in [5, 5.41) is 9.32. The standard InChI is InChI=1S/C13H17FN2O2/c1-15-7-2-8-16(13(18)12(15)9-17)11-5-3-10(14)4-6-11/h3-6,12,17H,2,7-9H2,1H3. The number of benzene rings is 1. The Bertz CT molecular complexity index is 422. The molecule has 4 nitrogen and oxygen atoms in total. The minimum atomic E-state index is -0.516. The highest BCUT2D eigenvalue weighted by Gasteiger charge is 2.30. The van der Waals surface area contributed by atoms with E-state index in [4.69, 9.17) is 0 Å². The van der Waals surface area contributed by atoms with Crippen molar-refractivity contribution in [1.29, 1.82) is 0 Å². The molecular weight excluding hydrogens is 235 g/mol. The lowest BCUT2D eigenvalue weighted by Crippen LogP contribution is -2.46. The first kappa shape index (κ1) is 13.0. The van der Waals surface area contributed by atoms with Gasteiger partial charge in [0.25, 0.3) is 0 Å². The number of hydrogen-bond donors (Lipinski definition) is 1. The second-order valence-corrected chi connectivity index (χ2v) is 4.50. The molecule has 18 heavy (non-hydrogen) atoms. The average Bonchev–Trinajstić information content (AvgIpc) is 2.49. The molecule has 5 heteroatoms. The van der Waals surface area contributed by atoms with Crippen LogP contribution in [0.4, 0.5) is 10.1 Å². The zero-order valence-electron chi connectivity index (χ0n) is 10.3. The van der Waals surface area contributed by atoms with Gasteiger partial charge in [-0.1, -0.05) is 0 Å². The molecule has 0 bridgehead atoms. The van der Waals surface area contributed by atoms with Crippen molar-refractivity contribution in [2.24, 2.45) is 0 Å². The molecule has 0 radical (unpaired) electrons. The molecule has 1 saturated heterocycles. The number of aliphatic hydroxyl groups excluding tert-OH is 1. The number of aliphatic hydroxyl groups is 1. The second kappa shape index (κ2) is 5.46. The Hall–Kier alpha value is -1.46. The van der Waals surface area contributed by atoms with Gasteiger partial charge in [0.1, 0.15) is 11.9 Å². The van der Waals surface area contributed by atoms with Gasteiger partial charge in [-0.3, -0.25) is 9.69 Å². The lowest BCUT2D eigenvalue weighted by molar-refractivity contribution is -0.123. The molecule has 1 amide bonds. The normalized spacial score (nSPS) is 22.1. The molecule has 1 aliphatic rings. The van der Waals surface area contributed by atoms with E-state index < -0.39 is 6.04 Å². The van der Waals surface area contributed by atoms with E-state index in [1.807, 2.05) is 11.9 Å². The molecule has 1 N–H and O–H groups in total. The maximum atomic E-state index is 12.9. The molecule has 0 aromatic heterocycles. The summed E-state index contributed by atoms with van der Waals surface area (Å²) in [6, 6.07) is 5.34. The Morgan fingerprint density at radius 1 is 1.33 bits per heavy atom. The SMILES string of the molecule is CN1CCCN(c2ccc(F)cc2)C(=O)C1CO. The number of likely N-dealkylation sites (N-methyl/N-ethyl adjacent to an activating group) is 1. The fourth-order valence-corrected chi connectivity index (χ4v) is 2.21. The fourth-order valence-electron chi connectivity index (χ4n) is 2.21. The highest BCUT2D eigenvalue weighted by Crippen LogP contribution is 2.19. The van der Waals surface area contributed by atoms with E-state index in [0.717, 1.165) is 13.0 Å². The summed E-state index contributed by atoms with van der Waals surface area (Å²) in [4.78, 5) is 15.8. The minimum absolute atomic E-state index is 0.135. The smallest absolute Gasteiger partial charge is 0.246 e. The van der Waals surface area contributed by atoms with Gasteiger partial charge in [-0.2, -0.15) is 0 Å². The predicted molar refractivity (Wildman–Crippen MR) is 66.9 cm³/mol. The van der Waals surface area contributed by atoms with Crippen LogP contribution in [0.5, 0.6) is 0 Å². The molecule has 0 saturated carbocycles. The summed E-state index contributed by atoms with van der Waals surface area (Å²) in [5.74, 6) is -0.457. The van der Waals surface area contributed by atoms with Crippen LogP contribution in [0, 0.1) is 5.82 Å². The van der Waals surface area contributed by atoms with Crippen LogP contribution >= 0.6 is 0 Å². The highest BCUT2D eigenvalue weighted by molar-refractivity contribution is 5.97. The van der Waals surface area contributed by atoms with Crippen LogP contribution in [0.2, 0.25) is 0 Å². The quantitative estimate of drug-likeness (QED) is 0.849. The van der Waals surface area contributed by atoms with Crippen molar-refractivity contribution in [2.75, 3.05) is 31.6 Å². The van der Waals surface area contributed by atoms with Gasteiger partial charge in [0.15, 0.2) is 0 Å². The number of amides is 1. The van der Waals surface area contributed by atoms with Crippen molar-refractivity contribution in [3.05, 3.63) is 30.1 Å². The first-order chi connectivity index (χ1) is 8.63. The predicted octanol–water partition coefficient (Wildman–Crippen LogP) is 0.855. The maximum absolute atomic E-state index is 12.9. The molecular formula is C13H17FN2O2. The van der Waals surface area contributed by atoms with E-state index in [-0.39, 0.29) is 18.3 Å². The van der Waals surface area contributed by atoms with Gasteiger partial charge in [-0.05, 0) is 37.7 Å². The summed E-state index contributed by atoms with van der Waals surface area (Å²) < 4.78 is 12.9. The van der Waals surface area contributed by atoms with Crippen LogP contribution in [0.15, 0.2) is 24.3 Å². The molecule has 1 unspecified atom stereocenters. The van der Waals surface area contributed by atoms with Crippen molar-refractivity contribution in [1.82, 2.24) is 4.90 Å². The third-order valence-corrected chi connectivity index (χ3v) is 3.29.